The van der Waals surface area contributed by atoms with Crippen LogP contribution in [-0.2, 0) is 4.74 Å². The molecular weight excluding hydrogens is 286 g/mol. The average molecular weight is 307 g/mol. The summed E-state index contributed by atoms with van der Waals surface area (Å²) in [6, 6.07) is 3.14. The maximum atomic E-state index is 11.4. The molecule has 120 valence electrons. The number of rotatable bonds is 4. The van der Waals surface area contributed by atoms with E-state index in [1.807, 2.05) is 0 Å². The second kappa shape index (κ2) is 6.93. The molecular formula is C15H21N3O4. The van der Waals surface area contributed by atoms with Crippen molar-refractivity contribution in [3.05, 3.63) is 39.4 Å². The van der Waals surface area contributed by atoms with Gasteiger partial charge in [-0.2, -0.15) is 0 Å². The SMILES string of the molecule is Cc1cc(C=CCNC(=O)OC(C)(C)C)cc([N+](=O)[O-])c1N. The fourth-order valence-electron chi connectivity index (χ4n) is 1.71. The predicted octanol–water partition coefficient (Wildman–Crippen LogP) is 3.02. The van der Waals surface area contributed by atoms with E-state index in [0.717, 1.165) is 0 Å². The molecule has 0 saturated carbocycles. The lowest BCUT2D eigenvalue weighted by Gasteiger charge is -2.19. The number of amides is 1. The highest BCUT2D eigenvalue weighted by Crippen LogP contribution is 2.27. The highest BCUT2D eigenvalue weighted by Gasteiger charge is 2.15. The topological polar surface area (TPSA) is 107 Å². The van der Waals surface area contributed by atoms with Crippen molar-refractivity contribution in [1.29, 1.82) is 0 Å². The van der Waals surface area contributed by atoms with Crippen LogP contribution in [0, 0.1) is 17.0 Å². The largest absolute Gasteiger partial charge is 0.444 e. The van der Waals surface area contributed by atoms with Crippen molar-refractivity contribution < 1.29 is 14.5 Å². The van der Waals surface area contributed by atoms with E-state index in [2.05, 4.69) is 5.32 Å². The Hall–Kier alpha value is -2.57. The van der Waals surface area contributed by atoms with E-state index in [-0.39, 0.29) is 17.9 Å². The second-order valence-electron chi connectivity index (χ2n) is 5.81. The Kier molecular flexibility index (Phi) is 5.50. The first kappa shape index (κ1) is 17.5. The molecule has 0 fully saturated rings. The number of nitrogen functional groups attached to an aromatic ring is 1. The average Bonchev–Trinajstić information content (AvgIpc) is 2.36. The number of nitrogens with two attached hydrogens (primary N) is 1. The summed E-state index contributed by atoms with van der Waals surface area (Å²) in [5.41, 5.74) is 6.43. The van der Waals surface area contributed by atoms with E-state index in [1.165, 1.54) is 6.07 Å². The van der Waals surface area contributed by atoms with Crippen LogP contribution in [0.1, 0.15) is 31.9 Å². The molecule has 1 rings (SSSR count). The number of hydrogen-bond donors (Lipinski definition) is 2. The molecule has 0 bridgehead atoms. The lowest BCUT2D eigenvalue weighted by molar-refractivity contribution is -0.383. The predicted molar refractivity (Wildman–Crippen MR) is 85.5 cm³/mol. The zero-order valence-electron chi connectivity index (χ0n) is 13.2. The van der Waals surface area contributed by atoms with Crippen LogP contribution in [0.15, 0.2) is 18.2 Å². The molecule has 7 heteroatoms. The summed E-state index contributed by atoms with van der Waals surface area (Å²) in [6.07, 6.45) is 2.84. The van der Waals surface area contributed by atoms with E-state index >= 15 is 0 Å². The van der Waals surface area contributed by atoms with Crippen molar-refractivity contribution in [2.45, 2.75) is 33.3 Å². The summed E-state index contributed by atoms with van der Waals surface area (Å²) in [4.78, 5) is 21.8. The minimum atomic E-state index is -0.553. The van der Waals surface area contributed by atoms with Gasteiger partial charge in [0.05, 0.1) is 4.92 Å². The smallest absolute Gasteiger partial charge is 0.407 e. The van der Waals surface area contributed by atoms with Crippen LogP contribution in [-0.4, -0.2) is 23.2 Å². The number of benzene rings is 1. The normalized spacial score (nSPS) is 11.5. The Bertz CT molecular complexity index is 604. The molecule has 0 aliphatic rings. The molecule has 0 unspecified atom stereocenters. The molecule has 1 aromatic rings. The zero-order chi connectivity index (χ0) is 16.9. The Balaban J connectivity index is 2.68. The molecule has 0 radical (unpaired) electrons. The van der Waals surface area contributed by atoms with Crippen molar-refractivity contribution in [3.63, 3.8) is 0 Å². The number of nitrogens with one attached hydrogen (secondary N) is 1. The highest BCUT2D eigenvalue weighted by molar-refractivity contribution is 5.70. The van der Waals surface area contributed by atoms with Crippen molar-refractivity contribution in [1.82, 2.24) is 5.32 Å². The summed E-state index contributed by atoms with van der Waals surface area (Å²) < 4.78 is 5.09. The van der Waals surface area contributed by atoms with E-state index < -0.39 is 16.6 Å². The van der Waals surface area contributed by atoms with Crippen LogP contribution in [0.4, 0.5) is 16.2 Å². The van der Waals surface area contributed by atoms with Crippen molar-refractivity contribution >= 4 is 23.5 Å². The summed E-state index contributed by atoms with van der Waals surface area (Å²) in [5.74, 6) is 0. The first-order valence-corrected chi connectivity index (χ1v) is 6.78. The van der Waals surface area contributed by atoms with Crippen molar-refractivity contribution in [3.8, 4) is 0 Å². The Morgan fingerprint density at radius 1 is 1.45 bits per heavy atom. The summed E-state index contributed by atoms with van der Waals surface area (Å²) in [6.45, 7) is 7.29. The molecule has 0 atom stereocenters. The molecule has 0 heterocycles. The fourth-order valence-corrected chi connectivity index (χ4v) is 1.71. The number of nitro benzene ring substituents is 1. The first-order chi connectivity index (χ1) is 10.1. The number of hydrogen-bond acceptors (Lipinski definition) is 5. The van der Waals surface area contributed by atoms with E-state index in [9.17, 15) is 14.9 Å². The summed E-state index contributed by atoms with van der Waals surface area (Å²) >= 11 is 0. The molecule has 7 nitrogen and oxygen atoms in total. The van der Waals surface area contributed by atoms with Gasteiger partial charge in [0.2, 0.25) is 0 Å². The van der Waals surface area contributed by atoms with Crippen LogP contribution in [0.25, 0.3) is 6.08 Å². The molecule has 0 aliphatic carbocycles. The van der Waals surface area contributed by atoms with Gasteiger partial charge in [-0.1, -0.05) is 12.2 Å². The maximum absolute atomic E-state index is 11.4. The number of ether oxygens (including phenoxy) is 1. The lowest BCUT2D eigenvalue weighted by atomic mass is 10.1. The Morgan fingerprint density at radius 3 is 2.64 bits per heavy atom. The number of nitro groups is 1. The van der Waals surface area contributed by atoms with Gasteiger partial charge in [-0.3, -0.25) is 10.1 Å². The Labute approximate surface area is 129 Å². The van der Waals surface area contributed by atoms with Crippen molar-refractivity contribution in [2.24, 2.45) is 0 Å². The van der Waals surface area contributed by atoms with E-state index in [1.54, 1.807) is 45.9 Å². The van der Waals surface area contributed by atoms with Crippen LogP contribution in [0.5, 0.6) is 0 Å². The van der Waals surface area contributed by atoms with Gasteiger partial charge < -0.3 is 15.8 Å². The monoisotopic (exact) mass is 307 g/mol. The minimum Gasteiger partial charge on any atom is -0.444 e. The summed E-state index contributed by atoms with van der Waals surface area (Å²) in [7, 11) is 0. The molecule has 22 heavy (non-hydrogen) atoms. The molecule has 0 aliphatic heterocycles. The van der Waals surface area contributed by atoms with Crippen LogP contribution >= 0.6 is 0 Å². The first-order valence-electron chi connectivity index (χ1n) is 6.78. The maximum Gasteiger partial charge on any atom is 0.407 e. The Morgan fingerprint density at radius 2 is 2.09 bits per heavy atom. The zero-order valence-corrected chi connectivity index (χ0v) is 13.2. The number of aryl methyl sites for hydroxylation is 1. The molecule has 1 amide bonds. The highest BCUT2D eigenvalue weighted by atomic mass is 16.6. The molecule has 3 N–H and O–H groups in total. The number of alkyl carbamates (subject to hydrolysis) is 1. The second-order valence-corrected chi connectivity index (χ2v) is 5.81. The molecule has 0 saturated heterocycles. The van der Waals surface area contributed by atoms with Gasteiger partial charge in [0.1, 0.15) is 11.3 Å². The van der Waals surface area contributed by atoms with Gasteiger partial charge in [-0.05, 0) is 44.9 Å². The van der Waals surface area contributed by atoms with Gasteiger partial charge in [0, 0.05) is 12.6 Å². The quantitative estimate of drug-likeness (QED) is 0.505. The number of nitrogens with zero attached hydrogens (tertiary/aromatic N) is 1. The minimum absolute atomic E-state index is 0.125. The third-order valence-corrected chi connectivity index (χ3v) is 2.66. The van der Waals surface area contributed by atoms with Gasteiger partial charge in [-0.15, -0.1) is 0 Å². The van der Waals surface area contributed by atoms with Gasteiger partial charge in [0.15, 0.2) is 0 Å². The lowest BCUT2D eigenvalue weighted by Crippen LogP contribution is -2.32. The summed E-state index contributed by atoms with van der Waals surface area (Å²) in [5, 5.41) is 13.5. The van der Waals surface area contributed by atoms with Gasteiger partial charge in [-0.25, -0.2) is 4.79 Å². The van der Waals surface area contributed by atoms with E-state index in [4.69, 9.17) is 10.5 Å². The standard InChI is InChI=1S/C15H21N3O4/c1-10-8-11(9-12(13(10)16)18(20)21)6-5-7-17-14(19)22-15(2,3)4/h5-6,8-9H,7,16H2,1-4H3,(H,17,19). The fraction of sp³-hybridized carbons (Fsp3) is 0.400. The van der Waals surface area contributed by atoms with Gasteiger partial charge in [0.25, 0.3) is 5.69 Å². The van der Waals surface area contributed by atoms with Crippen LogP contribution in [0.3, 0.4) is 0 Å². The van der Waals surface area contributed by atoms with Crippen LogP contribution in [0.2, 0.25) is 0 Å². The third kappa shape index (κ3) is 5.43. The van der Waals surface area contributed by atoms with Gasteiger partial charge >= 0.3 is 6.09 Å². The van der Waals surface area contributed by atoms with Crippen LogP contribution < -0.4 is 11.1 Å². The molecule has 0 spiro atoms. The number of carbonyl (C=O) groups excluding carboxylic acids is 1. The number of anilines is 1. The van der Waals surface area contributed by atoms with E-state index in [0.29, 0.717) is 11.1 Å². The molecule has 0 aromatic heterocycles. The van der Waals surface area contributed by atoms with Crippen molar-refractivity contribution in [2.75, 3.05) is 12.3 Å². The molecule has 1 aromatic carbocycles. The third-order valence-electron chi connectivity index (χ3n) is 2.66. The number of carbonyl (C=O) groups is 1.